The highest BCUT2D eigenvalue weighted by atomic mass is 35.5. The summed E-state index contributed by atoms with van der Waals surface area (Å²) < 4.78 is 0. The second-order valence-electron chi connectivity index (χ2n) is 3.24. The monoisotopic (exact) mass is 287 g/mol. The molecule has 2 rings (SSSR count). The summed E-state index contributed by atoms with van der Waals surface area (Å²) in [6, 6.07) is 1.42. The quantitative estimate of drug-likeness (QED) is 0.862. The third kappa shape index (κ3) is 2.94. The van der Waals surface area contributed by atoms with Gasteiger partial charge in [-0.25, -0.2) is 9.97 Å². The van der Waals surface area contributed by atoms with Crippen molar-refractivity contribution in [1.29, 1.82) is 0 Å². The molecule has 88 valence electrons. The number of pyridine rings is 1. The van der Waals surface area contributed by atoms with Crippen molar-refractivity contribution in [2.24, 2.45) is 0 Å². The Kier molecular flexibility index (Phi) is 3.61. The first kappa shape index (κ1) is 12.3. The molecule has 0 saturated heterocycles. The first-order valence-electron chi connectivity index (χ1n) is 4.61. The molecule has 2 aromatic heterocycles. The molecule has 0 bridgehead atoms. The van der Waals surface area contributed by atoms with Crippen molar-refractivity contribution < 1.29 is 4.79 Å². The average molecular weight is 288 g/mol. The summed E-state index contributed by atoms with van der Waals surface area (Å²) in [7, 11) is 0. The second kappa shape index (κ2) is 5.00. The molecular formula is C10H7Cl2N3OS. The van der Waals surface area contributed by atoms with E-state index in [0.717, 1.165) is 5.69 Å². The molecule has 2 heterocycles. The van der Waals surface area contributed by atoms with Crippen LogP contribution in [-0.2, 0) is 0 Å². The van der Waals surface area contributed by atoms with E-state index in [1.54, 1.807) is 0 Å². The minimum atomic E-state index is -0.353. The number of carbonyl (C=O) groups excluding carboxylic acids is 1. The fourth-order valence-electron chi connectivity index (χ4n) is 1.16. The van der Waals surface area contributed by atoms with Gasteiger partial charge >= 0.3 is 0 Å². The van der Waals surface area contributed by atoms with Crippen molar-refractivity contribution in [3.05, 3.63) is 39.1 Å². The maximum absolute atomic E-state index is 11.9. The average Bonchev–Trinajstić information content (AvgIpc) is 2.67. The first-order valence-corrected chi connectivity index (χ1v) is 6.24. The van der Waals surface area contributed by atoms with Gasteiger partial charge in [0.25, 0.3) is 5.91 Å². The van der Waals surface area contributed by atoms with Crippen LogP contribution in [0.2, 0.25) is 10.2 Å². The zero-order valence-corrected chi connectivity index (χ0v) is 11.0. The number of nitrogens with zero attached hydrogens (tertiary/aromatic N) is 2. The second-order valence-corrected chi connectivity index (χ2v) is 4.89. The fourth-order valence-corrected chi connectivity index (χ4v) is 2.19. The van der Waals surface area contributed by atoms with E-state index in [0.29, 0.717) is 5.13 Å². The van der Waals surface area contributed by atoms with Gasteiger partial charge in [-0.15, -0.1) is 11.3 Å². The van der Waals surface area contributed by atoms with Crippen LogP contribution in [0.15, 0.2) is 17.6 Å². The summed E-state index contributed by atoms with van der Waals surface area (Å²) in [5.74, 6) is -0.353. The topological polar surface area (TPSA) is 54.9 Å². The predicted molar refractivity (Wildman–Crippen MR) is 69.1 cm³/mol. The van der Waals surface area contributed by atoms with E-state index in [1.807, 2.05) is 12.3 Å². The minimum Gasteiger partial charge on any atom is -0.298 e. The molecule has 0 aliphatic carbocycles. The summed E-state index contributed by atoms with van der Waals surface area (Å²) >= 11 is 12.9. The van der Waals surface area contributed by atoms with Crippen LogP contribution in [0.3, 0.4) is 0 Å². The van der Waals surface area contributed by atoms with Crippen molar-refractivity contribution >= 4 is 45.6 Å². The first-order chi connectivity index (χ1) is 8.06. The van der Waals surface area contributed by atoms with E-state index in [-0.39, 0.29) is 21.6 Å². The Hall–Kier alpha value is -1.17. The van der Waals surface area contributed by atoms with Crippen LogP contribution < -0.4 is 5.32 Å². The van der Waals surface area contributed by atoms with Gasteiger partial charge in [0.1, 0.15) is 5.15 Å². The minimum absolute atomic E-state index is 0.217. The van der Waals surface area contributed by atoms with E-state index < -0.39 is 0 Å². The van der Waals surface area contributed by atoms with Gasteiger partial charge in [-0.3, -0.25) is 10.1 Å². The number of amides is 1. The highest BCUT2D eigenvalue weighted by Crippen LogP contribution is 2.21. The smallest absolute Gasteiger partial charge is 0.259 e. The highest BCUT2D eigenvalue weighted by molar-refractivity contribution is 7.13. The van der Waals surface area contributed by atoms with Gasteiger partial charge in [0.2, 0.25) is 0 Å². The molecule has 0 saturated carbocycles. The number of thiazole rings is 1. The number of nitrogens with one attached hydrogen (secondary N) is 1. The summed E-state index contributed by atoms with van der Waals surface area (Å²) in [6.45, 7) is 1.85. The standard InChI is InChI=1S/C10H7Cl2N3OS/c1-5-4-17-10(14-5)15-9(16)6-2-8(12)13-3-7(6)11/h2-4H,1H3,(H,14,15,16). The van der Waals surface area contributed by atoms with Crippen molar-refractivity contribution in [3.63, 3.8) is 0 Å². The SMILES string of the molecule is Cc1csc(NC(=O)c2cc(Cl)ncc2Cl)n1. The largest absolute Gasteiger partial charge is 0.298 e. The molecule has 1 amide bonds. The Labute approximate surface area is 112 Å². The van der Waals surface area contributed by atoms with Gasteiger partial charge in [0.05, 0.1) is 16.3 Å². The molecule has 7 heteroatoms. The van der Waals surface area contributed by atoms with Crippen molar-refractivity contribution in [3.8, 4) is 0 Å². The third-order valence-electron chi connectivity index (χ3n) is 1.91. The van der Waals surface area contributed by atoms with E-state index in [9.17, 15) is 4.79 Å². The molecular weight excluding hydrogens is 281 g/mol. The van der Waals surface area contributed by atoms with E-state index >= 15 is 0 Å². The lowest BCUT2D eigenvalue weighted by Crippen LogP contribution is -2.12. The third-order valence-corrected chi connectivity index (χ3v) is 3.29. The number of carbonyl (C=O) groups is 1. The van der Waals surface area contributed by atoms with Crippen LogP contribution in [0.25, 0.3) is 0 Å². The Morgan fingerprint density at radius 3 is 2.88 bits per heavy atom. The molecule has 0 unspecified atom stereocenters. The Morgan fingerprint density at radius 2 is 2.24 bits per heavy atom. The summed E-state index contributed by atoms with van der Waals surface area (Å²) in [5, 5.41) is 5.48. The molecule has 0 radical (unpaired) electrons. The number of aromatic nitrogens is 2. The summed E-state index contributed by atoms with van der Waals surface area (Å²) in [6.07, 6.45) is 1.34. The molecule has 0 aliphatic rings. The molecule has 2 aromatic rings. The van der Waals surface area contributed by atoms with Gasteiger partial charge in [-0.2, -0.15) is 0 Å². The van der Waals surface area contributed by atoms with E-state index in [4.69, 9.17) is 23.2 Å². The predicted octanol–water partition coefficient (Wildman–Crippen LogP) is 3.41. The van der Waals surface area contributed by atoms with Crippen LogP contribution in [-0.4, -0.2) is 15.9 Å². The van der Waals surface area contributed by atoms with Gasteiger partial charge in [0.15, 0.2) is 5.13 Å². The van der Waals surface area contributed by atoms with Crippen LogP contribution in [0.1, 0.15) is 16.1 Å². The van der Waals surface area contributed by atoms with Crippen LogP contribution >= 0.6 is 34.5 Å². The number of hydrogen-bond acceptors (Lipinski definition) is 4. The van der Waals surface area contributed by atoms with Crippen LogP contribution in [0.5, 0.6) is 0 Å². The Morgan fingerprint density at radius 1 is 1.47 bits per heavy atom. The fraction of sp³-hybridized carbons (Fsp3) is 0.100. The lowest BCUT2D eigenvalue weighted by Gasteiger charge is -2.03. The maximum atomic E-state index is 11.9. The zero-order valence-electron chi connectivity index (χ0n) is 8.70. The molecule has 0 spiro atoms. The van der Waals surface area contributed by atoms with E-state index in [2.05, 4.69) is 15.3 Å². The normalized spacial score (nSPS) is 10.3. The lowest BCUT2D eigenvalue weighted by atomic mass is 10.2. The number of anilines is 1. The van der Waals surface area contributed by atoms with E-state index in [1.165, 1.54) is 23.6 Å². The van der Waals surface area contributed by atoms with Gasteiger partial charge in [-0.05, 0) is 13.0 Å². The molecule has 0 atom stereocenters. The molecule has 0 fully saturated rings. The van der Waals surface area contributed by atoms with Crippen LogP contribution in [0, 0.1) is 6.92 Å². The summed E-state index contributed by atoms with van der Waals surface area (Å²) in [4.78, 5) is 19.8. The maximum Gasteiger partial charge on any atom is 0.259 e. The molecule has 0 aromatic carbocycles. The zero-order chi connectivity index (χ0) is 12.4. The lowest BCUT2D eigenvalue weighted by molar-refractivity contribution is 0.102. The van der Waals surface area contributed by atoms with Crippen LogP contribution in [0.4, 0.5) is 5.13 Å². The number of halogens is 2. The van der Waals surface area contributed by atoms with Crippen molar-refractivity contribution in [1.82, 2.24) is 9.97 Å². The Balaban J connectivity index is 2.22. The number of rotatable bonds is 2. The summed E-state index contributed by atoms with van der Waals surface area (Å²) in [5.41, 5.74) is 1.13. The molecule has 4 nitrogen and oxygen atoms in total. The van der Waals surface area contributed by atoms with Gasteiger partial charge < -0.3 is 0 Å². The van der Waals surface area contributed by atoms with Crippen molar-refractivity contribution in [2.45, 2.75) is 6.92 Å². The highest BCUT2D eigenvalue weighted by Gasteiger charge is 2.13. The van der Waals surface area contributed by atoms with Gasteiger partial charge in [0, 0.05) is 11.6 Å². The van der Waals surface area contributed by atoms with Crippen molar-refractivity contribution in [2.75, 3.05) is 5.32 Å². The Bertz CT molecular complexity index is 570. The van der Waals surface area contributed by atoms with Gasteiger partial charge in [-0.1, -0.05) is 23.2 Å². The molecule has 1 N–H and O–H groups in total. The number of hydrogen-bond donors (Lipinski definition) is 1. The molecule has 17 heavy (non-hydrogen) atoms. The molecule has 0 aliphatic heterocycles. The number of aryl methyl sites for hydroxylation is 1.